The highest BCUT2D eigenvalue weighted by Gasteiger charge is 2.23. The summed E-state index contributed by atoms with van der Waals surface area (Å²) in [6, 6.07) is 0. The lowest BCUT2D eigenvalue weighted by Gasteiger charge is -2.11. The first kappa shape index (κ1) is 15.7. The molecule has 0 saturated carbocycles. The van der Waals surface area contributed by atoms with E-state index in [-0.39, 0.29) is 18.8 Å². The van der Waals surface area contributed by atoms with Crippen molar-refractivity contribution in [2.45, 2.75) is 39.5 Å². The normalized spacial score (nSPS) is 11.8. The van der Waals surface area contributed by atoms with Gasteiger partial charge in [0.05, 0.1) is 6.61 Å². The first-order chi connectivity index (χ1) is 7.99. The van der Waals surface area contributed by atoms with Crippen molar-refractivity contribution < 1.29 is 23.1 Å². The summed E-state index contributed by atoms with van der Waals surface area (Å²) < 4.78 is 28.2. The molecule has 0 aromatic rings. The summed E-state index contributed by atoms with van der Waals surface area (Å²) in [5.41, 5.74) is 0. The third-order valence-electron chi connectivity index (χ3n) is 2.31. The molecule has 0 aliphatic heterocycles. The van der Waals surface area contributed by atoms with Gasteiger partial charge in [0, 0.05) is 0 Å². The third-order valence-corrected chi connectivity index (χ3v) is 2.31. The Morgan fingerprint density at radius 3 is 2.41 bits per heavy atom. The molecule has 0 fully saturated rings. The molecule has 5 heteroatoms. The van der Waals surface area contributed by atoms with Gasteiger partial charge in [-0.15, -0.1) is 0 Å². The number of ether oxygens (including phenoxy) is 1. The summed E-state index contributed by atoms with van der Waals surface area (Å²) in [7, 11) is 0. The molecular weight excluding hydrogens is 230 g/mol. The maximum absolute atomic E-state index is 11.7. The maximum atomic E-state index is 11.7. The van der Waals surface area contributed by atoms with Crippen LogP contribution in [0, 0.1) is 5.92 Å². The van der Waals surface area contributed by atoms with E-state index >= 15 is 0 Å². The smallest absolute Gasteiger partial charge is 0.316 e. The van der Waals surface area contributed by atoms with Crippen LogP contribution in [-0.4, -0.2) is 18.4 Å². The Morgan fingerprint density at radius 1 is 1.29 bits per heavy atom. The quantitative estimate of drug-likeness (QED) is 0.376. The summed E-state index contributed by atoms with van der Waals surface area (Å²) in [6.07, 6.45) is 0.838. The second kappa shape index (κ2) is 8.84. The van der Waals surface area contributed by atoms with E-state index in [0.717, 1.165) is 6.08 Å². The van der Waals surface area contributed by atoms with E-state index in [9.17, 15) is 18.4 Å². The van der Waals surface area contributed by atoms with Gasteiger partial charge in [0.2, 0.25) is 0 Å². The molecule has 0 radical (unpaired) electrons. The number of rotatable bonds is 8. The van der Waals surface area contributed by atoms with Gasteiger partial charge in [0.25, 0.3) is 6.08 Å². The molecule has 0 bridgehead atoms. The van der Waals surface area contributed by atoms with Crippen LogP contribution in [0.1, 0.15) is 39.5 Å². The van der Waals surface area contributed by atoms with Crippen LogP contribution >= 0.6 is 0 Å². The average molecular weight is 248 g/mol. The topological polar surface area (TPSA) is 43.4 Å². The molecule has 1 atom stereocenters. The van der Waals surface area contributed by atoms with E-state index in [1.807, 2.05) is 0 Å². The second-order valence-corrected chi connectivity index (χ2v) is 3.69. The first-order valence-corrected chi connectivity index (χ1v) is 5.67. The molecule has 0 N–H and O–H groups in total. The van der Waals surface area contributed by atoms with Crippen molar-refractivity contribution in [2.24, 2.45) is 5.92 Å². The van der Waals surface area contributed by atoms with Crippen LogP contribution in [0.5, 0.6) is 0 Å². The molecule has 0 aromatic carbocycles. The number of hydrogen-bond donors (Lipinski definition) is 0. The van der Waals surface area contributed by atoms with Crippen LogP contribution < -0.4 is 0 Å². The molecule has 3 nitrogen and oxygen atoms in total. The zero-order valence-corrected chi connectivity index (χ0v) is 10.2. The van der Waals surface area contributed by atoms with E-state index in [1.54, 1.807) is 6.92 Å². The minimum absolute atomic E-state index is 0.235. The van der Waals surface area contributed by atoms with Crippen LogP contribution in [0.4, 0.5) is 8.78 Å². The number of carbonyl (C=O) groups excluding carboxylic acids is 2. The number of hydrogen-bond acceptors (Lipinski definition) is 3. The van der Waals surface area contributed by atoms with E-state index in [1.165, 1.54) is 6.92 Å². The molecule has 0 saturated heterocycles. The molecule has 1 unspecified atom stereocenters. The molecule has 17 heavy (non-hydrogen) atoms. The Kier molecular flexibility index (Phi) is 8.19. The summed E-state index contributed by atoms with van der Waals surface area (Å²) in [4.78, 5) is 22.6. The van der Waals surface area contributed by atoms with Gasteiger partial charge < -0.3 is 4.74 Å². The lowest BCUT2D eigenvalue weighted by molar-refractivity contribution is -0.151. The van der Waals surface area contributed by atoms with Crippen molar-refractivity contribution in [3.8, 4) is 0 Å². The average Bonchev–Trinajstić information content (AvgIpc) is 2.22. The Labute approximate surface area is 99.8 Å². The lowest BCUT2D eigenvalue weighted by atomic mass is 9.97. The summed E-state index contributed by atoms with van der Waals surface area (Å²) in [5, 5.41) is 0. The van der Waals surface area contributed by atoms with Gasteiger partial charge in [0.15, 0.2) is 0 Å². The third kappa shape index (κ3) is 7.60. The fourth-order valence-electron chi connectivity index (χ4n) is 1.43. The zero-order chi connectivity index (χ0) is 13.3. The first-order valence-electron chi connectivity index (χ1n) is 5.67. The summed E-state index contributed by atoms with van der Waals surface area (Å²) >= 11 is 0. The number of ketones is 1. The number of esters is 1. The molecule has 98 valence electrons. The standard InChI is InChI=1S/C12H18F2O3/c1-3-17-12(16)10(9(2)15)7-5-4-6-8-11(13)14/h8,10H,3-7H2,1-2H3. The minimum Gasteiger partial charge on any atom is -0.465 e. The van der Waals surface area contributed by atoms with Gasteiger partial charge in [-0.05, 0) is 39.2 Å². The highest BCUT2D eigenvalue weighted by Crippen LogP contribution is 2.14. The van der Waals surface area contributed by atoms with Crippen LogP contribution in [0.25, 0.3) is 0 Å². The Morgan fingerprint density at radius 2 is 1.94 bits per heavy atom. The van der Waals surface area contributed by atoms with Crippen LogP contribution in [-0.2, 0) is 14.3 Å². The number of Topliss-reactive ketones (excluding diaryl/α,β-unsaturated/α-hetero) is 1. The predicted molar refractivity (Wildman–Crippen MR) is 59.6 cm³/mol. The lowest BCUT2D eigenvalue weighted by Crippen LogP contribution is -2.24. The van der Waals surface area contributed by atoms with Gasteiger partial charge in [-0.3, -0.25) is 9.59 Å². The highest BCUT2D eigenvalue weighted by molar-refractivity contribution is 5.97. The molecule has 0 aliphatic carbocycles. The molecule has 0 aliphatic rings. The second-order valence-electron chi connectivity index (χ2n) is 3.69. The van der Waals surface area contributed by atoms with Gasteiger partial charge in [-0.2, -0.15) is 8.78 Å². The number of halogens is 2. The van der Waals surface area contributed by atoms with Crippen molar-refractivity contribution in [1.82, 2.24) is 0 Å². The maximum Gasteiger partial charge on any atom is 0.316 e. The Hall–Kier alpha value is -1.26. The molecule has 0 aromatic heterocycles. The molecule has 0 heterocycles. The fourth-order valence-corrected chi connectivity index (χ4v) is 1.43. The highest BCUT2D eigenvalue weighted by atomic mass is 19.3. The van der Waals surface area contributed by atoms with Crippen molar-refractivity contribution in [2.75, 3.05) is 6.61 Å². The molecule has 0 spiro atoms. The van der Waals surface area contributed by atoms with Gasteiger partial charge in [0.1, 0.15) is 11.7 Å². The van der Waals surface area contributed by atoms with E-state index in [0.29, 0.717) is 19.3 Å². The Balaban J connectivity index is 3.98. The largest absolute Gasteiger partial charge is 0.465 e. The van der Waals surface area contributed by atoms with Gasteiger partial charge in [-0.25, -0.2) is 0 Å². The van der Waals surface area contributed by atoms with E-state index < -0.39 is 18.0 Å². The van der Waals surface area contributed by atoms with E-state index in [4.69, 9.17) is 4.74 Å². The van der Waals surface area contributed by atoms with Crippen molar-refractivity contribution >= 4 is 11.8 Å². The fraction of sp³-hybridized carbons (Fsp3) is 0.667. The Bertz CT molecular complexity index is 283. The van der Waals surface area contributed by atoms with E-state index in [2.05, 4.69) is 0 Å². The van der Waals surface area contributed by atoms with Crippen LogP contribution in [0.3, 0.4) is 0 Å². The monoisotopic (exact) mass is 248 g/mol. The molecule has 0 rings (SSSR count). The minimum atomic E-state index is -1.70. The van der Waals surface area contributed by atoms with Crippen molar-refractivity contribution in [3.05, 3.63) is 12.2 Å². The van der Waals surface area contributed by atoms with Crippen LogP contribution in [0.15, 0.2) is 12.2 Å². The van der Waals surface area contributed by atoms with Crippen molar-refractivity contribution in [3.63, 3.8) is 0 Å². The van der Waals surface area contributed by atoms with Crippen molar-refractivity contribution in [1.29, 1.82) is 0 Å². The summed E-state index contributed by atoms with van der Waals surface area (Å²) in [6.45, 7) is 3.24. The zero-order valence-electron chi connectivity index (χ0n) is 10.2. The van der Waals surface area contributed by atoms with Gasteiger partial charge in [-0.1, -0.05) is 6.42 Å². The number of carbonyl (C=O) groups is 2. The summed E-state index contributed by atoms with van der Waals surface area (Å²) in [5.74, 6) is -1.52. The number of unbranched alkanes of at least 4 members (excludes halogenated alkanes) is 2. The number of allylic oxidation sites excluding steroid dienone is 1. The van der Waals surface area contributed by atoms with Crippen LogP contribution in [0.2, 0.25) is 0 Å². The molecular formula is C12H18F2O3. The SMILES string of the molecule is CCOC(=O)C(CCCCC=C(F)F)C(C)=O. The van der Waals surface area contributed by atoms with Gasteiger partial charge >= 0.3 is 5.97 Å². The predicted octanol–water partition coefficient (Wildman–Crippen LogP) is 3.10. The molecule has 0 amide bonds.